The lowest BCUT2D eigenvalue weighted by Crippen LogP contribution is -2.35. The van der Waals surface area contributed by atoms with Crippen molar-refractivity contribution in [1.82, 2.24) is 5.32 Å². The van der Waals surface area contributed by atoms with E-state index in [0.717, 1.165) is 30.0 Å². The van der Waals surface area contributed by atoms with E-state index in [-0.39, 0.29) is 18.1 Å². The molecule has 1 aliphatic heterocycles. The lowest BCUT2D eigenvalue weighted by Gasteiger charge is -2.14. The summed E-state index contributed by atoms with van der Waals surface area (Å²) in [5.74, 6) is 0.679. The van der Waals surface area contributed by atoms with Crippen LogP contribution in [0.25, 0.3) is 0 Å². The molecule has 0 aromatic heterocycles. The minimum absolute atomic E-state index is 0.0219. The number of nitrogens with zero attached hydrogens (tertiary/aromatic N) is 1. The molecule has 118 valence electrons. The number of anilines is 1. The summed E-state index contributed by atoms with van der Waals surface area (Å²) >= 11 is 1.58. The van der Waals surface area contributed by atoms with Gasteiger partial charge in [-0.1, -0.05) is 12.1 Å². The molecule has 2 unspecified atom stereocenters. The normalized spacial score (nSPS) is 18.5. The molecule has 0 bridgehead atoms. The summed E-state index contributed by atoms with van der Waals surface area (Å²) in [6.07, 6.45) is 2.19. The zero-order valence-electron chi connectivity index (χ0n) is 12.7. The first kappa shape index (κ1) is 16.7. The molecule has 5 nitrogen and oxygen atoms in total. The van der Waals surface area contributed by atoms with Crippen LogP contribution in [0.2, 0.25) is 0 Å². The van der Waals surface area contributed by atoms with Crippen molar-refractivity contribution in [1.29, 1.82) is 5.26 Å². The summed E-state index contributed by atoms with van der Waals surface area (Å²) < 4.78 is 5.48. The second-order valence-electron chi connectivity index (χ2n) is 5.31. The molecular formula is C16H21N3O2S. The molecular weight excluding hydrogens is 298 g/mol. The van der Waals surface area contributed by atoms with Crippen LogP contribution in [-0.2, 0) is 4.74 Å². The summed E-state index contributed by atoms with van der Waals surface area (Å²) in [5.41, 5.74) is 0.766. The smallest absolute Gasteiger partial charge is 0.319 e. The Kier molecular flexibility index (Phi) is 6.56. The quantitative estimate of drug-likeness (QED) is 0.789. The number of nitrogens with one attached hydrogen (secondary N) is 2. The lowest BCUT2D eigenvalue weighted by atomic mass is 10.2. The molecule has 6 heteroatoms. The van der Waals surface area contributed by atoms with E-state index in [0.29, 0.717) is 12.3 Å². The molecule has 0 aliphatic carbocycles. The molecule has 1 fully saturated rings. The molecule has 1 aliphatic rings. The van der Waals surface area contributed by atoms with Gasteiger partial charge < -0.3 is 15.4 Å². The molecule has 22 heavy (non-hydrogen) atoms. The molecule has 2 atom stereocenters. The highest BCUT2D eigenvalue weighted by Gasteiger charge is 2.16. The van der Waals surface area contributed by atoms with Gasteiger partial charge in [0.25, 0.3) is 0 Å². The van der Waals surface area contributed by atoms with Crippen LogP contribution in [0.5, 0.6) is 0 Å². The summed E-state index contributed by atoms with van der Waals surface area (Å²) in [5, 5.41) is 14.6. The standard InChI is InChI=1S/C16H21N3O2S/c1-12(9-17)11-22-15-7-3-2-6-14(15)19-16(20)18-10-13-5-4-8-21-13/h2-3,6-7,12-13H,4-5,8,10-11H2,1H3,(H2,18,19,20). The maximum atomic E-state index is 12.0. The molecule has 2 N–H and O–H groups in total. The number of urea groups is 1. The Morgan fingerprint density at radius 3 is 3.09 bits per heavy atom. The van der Waals surface area contributed by atoms with Crippen LogP contribution in [0.4, 0.5) is 10.5 Å². The molecule has 2 rings (SSSR count). The second-order valence-corrected chi connectivity index (χ2v) is 6.37. The van der Waals surface area contributed by atoms with Crippen LogP contribution >= 0.6 is 11.8 Å². The number of hydrogen-bond acceptors (Lipinski definition) is 4. The first-order valence-electron chi connectivity index (χ1n) is 7.47. The third-order valence-corrected chi connectivity index (χ3v) is 4.69. The third-order valence-electron chi connectivity index (χ3n) is 3.36. The fourth-order valence-corrected chi connectivity index (χ4v) is 3.08. The van der Waals surface area contributed by atoms with Crippen LogP contribution in [0.15, 0.2) is 29.2 Å². The summed E-state index contributed by atoms with van der Waals surface area (Å²) in [4.78, 5) is 12.9. The van der Waals surface area contributed by atoms with E-state index in [9.17, 15) is 4.79 Å². The number of amides is 2. The van der Waals surface area contributed by atoms with Crippen molar-refractivity contribution in [3.05, 3.63) is 24.3 Å². The molecule has 0 radical (unpaired) electrons. The largest absolute Gasteiger partial charge is 0.376 e. The zero-order valence-corrected chi connectivity index (χ0v) is 13.5. The van der Waals surface area contributed by atoms with Gasteiger partial charge in [0.15, 0.2) is 0 Å². The predicted molar refractivity (Wildman–Crippen MR) is 87.9 cm³/mol. The number of rotatable bonds is 6. The van der Waals surface area contributed by atoms with Gasteiger partial charge in [-0.3, -0.25) is 0 Å². The zero-order chi connectivity index (χ0) is 15.8. The van der Waals surface area contributed by atoms with Gasteiger partial charge in [-0.25, -0.2) is 4.79 Å². The van der Waals surface area contributed by atoms with E-state index in [2.05, 4.69) is 16.7 Å². The number of hydrogen-bond donors (Lipinski definition) is 2. The number of benzene rings is 1. The Hall–Kier alpha value is -1.71. The van der Waals surface area contributed by atoms with Gasteiger partial charge in [-0.05, 0) is 31.9 Å². The minimum Gasteiger partial charge on any atom is -0.376 e. The van der Waals surface area contributed by atoms with Gasteiger partial charge in [0.1, 0.15) is 0 Å². The van der Waals surface area contributed by atoms with Crippen molar-refractivity contribution < 1.29 is 9.53 Å². The predicted octanol–water partition coefficient (Wildman–Crippen LogP) is 3.24. The van der Waals surface area contributed by atoms with E-state index in [4.69, 9.17) is 10.00 Å². The molecule has 2 amide bonds. The van der Waals surface area contributed by atoms with E-state index >= 15 is 0 Å². The highest BCUT2D eigenvalue weighted by molar-refractivity contribution is 7.99. The number of para-hydroxylation sites is 1. The Morgan fingerprint density at radius 1 is 1.55 bits per heavy atom. The fraction of sp³-hybridized carbons (Fsp3) is 0.500. The maximum absolute atomic E-state index is 12.0. The van der Waals surface area contributed by atoms with Crippen LogP contribution in [0.1, 0.15) is 19.8 Å². The van der Waals surface area contributed by atoms with E-state index < -0.39 is 0 Å². The Morgan fingerprint density at radius 2 is 2.36 bits per heavy atom. The number of thioether (sulfide) groups is 1. The average molecular weight is 319 g/mol. The van der Waals surface area contributed by atoms with E-state index in [1.54, 1.807) is 11.8 Å². The fourth-order valence-electron chi connectivity index (χ4n) is 2.13. The number of carbonyl (C=O) groups is 1. The summed E-state index contributed by atoms with van der Waals surface area (Å²) in [6.45, 7) is 3.20. The van der Waals surface area contributed by atoms with E-state index in [1.807, 2.05) is 31.2 Å². The number of ether oxygens (including phenoxy) is 1. The van der Waals surface area contributed by atoms with Gasteiger partial charge in [0.2, 0.25) is 0 Å². The average Bonchev–Trinajstić information content (AvgIpc) is 3.05. The minimum atomic E-state index is -0.225. The topological polar surface area (TPSA) is 74.2 Å². The van der Waals surface area contributed by atoms with Crippen molar-refractivity contribution in [2.24, 2.45) is 5.92 Å². The Bertz CT molecular complexity index is 538. The van der Waals surface area contributed by atoms with Crippen molar-refractivity contribution >= 4 is 23.5 Å². The van der Waals surface area contributed by atoms with E-state index in [1.165, 1.54) is 0 Å². The summed E-state index contributed by atoms with van der Waals surface area (Å²) in [6, 6.07) is 9.61. The van der Waals surface area contributed by atoms with Gasteiger partial charge in [-0.15, -0.1) is 11.8 Å². The van der Waals surface area contributed by atoms with Crippen LogP contribution < -0.4 is 10.6 Å². The van der Waals surface area contributed by atoms with Crippen LogP contribution in [-0.4, -0.2) is 31.0 Å². The third kappa shape index (κ3) is 5.24. The van der Waals surface area contributed by atoms with Gasteiger partial charge >= 0.3 is 6.03 Å². The second kappa shape index (κ2) is 8.66. The lowest BCUT2D eigenvalue weighted by molar-refractivity contribution is 0.112. The Balaban J connectivity index is 1.85. The van der Waals surface area contributed by atoms with Crippen molar-refractivity contribution in [2.75, 3.05) is 24.2 Å². The van der Waals surface area contributed by atoms with Gasteiger partial charge in [0, 0.05) is 23.8 Å². The van der Waals surface area contributed by atoms with Crippen molar-refractivity contribution in [3.8, 4) is 6.07 Å². The molecule has 0 saturated carbocycles. The first-order chi connectivity index (χ1) is 10.7. The molecule has 1 heterocycles. The van der Waals surface area contributed by atoms with Gasteiger partial charge in [-0.2, -0.15) is 5.26 Å². The highest BCUT2D eigenvalue weighted by Crippen LogP contribution is 2.28. The molecule has 1 aromatic carbocycles. The maximum Gasteiger partial charge on any atom is 0.319 e. The van der Waals surface area contributed by atoms with Gasteiger partial charge in [0.05, 0.1) is 23.8 Å². The van der Waals surface area contributed by atoms with Crippen molar-refractivity contribution in [3.63, 3.8) is 0 Å². The number of nitriles is 1. The summed E-state index contributed by atoms with van der Waals surface area (Å²) in [7, 11) is 0. The monoisotopic (exact) mass is 319 g/mol. The Labute approximate surface area is 135 Å². The molecule has 0 spiro atoms. The first-order valence-corrected chi connectivity index (χ1v) is 8.45. The van der Waals surface area contributed by atoms with Crippen LogP contribution in [0.3, 0.4) is 0 Å². The molecule has 1 aromatic rings. The SMILES string of the molecule is CC(C#N)CSc1ccccc1NC(=O)NCC1CCCO1. The van der Waals surface area contributed by atoms with Crippen LogP contribution in [0, 0.1) is 17.2 Å². The highest BCUT2D eigenvalue weighted by atomic mass is 32.2. The van der Waals surface area contributed by atoms with Crippen molar-refractivity contribution in [2.45, 2.75) is 30.8 Å². The number of carbonyl (C=O) groups excluding carboxylic acids is 1. The molecule has 1 saturated heterocycles.